The smallest absolute Gasteiger partial charge is 0.120 e. The Hall–Kier alpha value is -1.18. The first kappa shape index (κ1) is 7.47. The van der Waals surface area contributed by atoms with Crippen LogP contribution in [0.3, 0.4) is 0 Å². The molecule has 1 unspecified atom stereocenters. The van der Waals surface area contributed by atoms with E-state index in [-0.39, 0.29) is 6.04 Å². The summed E-state index contributed by atoms with van der Waals surface area (Å²) in [6.07, 6.45) is 2.32. The molecule has 1 atom stereocenters. The summed E-state index contributed by atoms with van der Waals surface area (Å²) in [6, 6.07) is 9.73. The fraction of sp³-hybridized carbons (Fsp3) is 0.400. The lowest BCUT2D eigenvalue weighted by molar-refractivity contribution is 0.631. The van der Waals surface area contributed by atoms with Crippen molar-refractivity contribution in [2.75, 3.05) is 0 Å². The van der Waals surface area contributed by atoms with Crippen LogP contribution in [-0.2, 0) is 0 Å². The molecule has 1 fully saturated rings. The predicted molar refractivity (Wildman–Crippen MR) is 47.7 cm³/mol. The lowest BCUT2D eigenvalue weighted by Crippen LogP contribution is -1.95. The van der Waals surface area contributed by atoms with E-state index in [0.29, 0.717) is 5.92 Å². The van der Waals surface area contributed by atoms with E-state index in [9.17, 15) is 4.91 Å². The maximum atomic E-state index is 10.5. The van der Waals surface area contributed by atoms with Gasteiger partial charge in [-0.2, -0.15) is 4.91 Å². The van der Waals surface area contributed by atoms with Gasteiger partial charge in [0.15, 0.2) is 0 Å². The Balaban J connectivity index is 2.21. The van der Waals surface area contributed by atoms with Crippen molar-refractivity contribution in [2.45, 2.75) is 18.9 Å². The van der Waals surface area contributed by atoms with Gasteiger partial charge in [0.2, 0.25) is 0 Å². The first-order chi connectivity index (χ1) is 5.92. The van der Waals surface area contributed by atoms with Gasteiger partial charge in [-0.25, -0.2) is 0 Å². The second kappa shape index (κ2) is 3.05. The Bertz CT molecular complexity index is 266. The third-order valence-electron chi connectivity index (χ3n) is 2.32. The highest BCUT2D eigenvalue weighted by molar-refractivity contribution is 5.21. The van der Waals surface area contributed by atoms with Crippen molar-refractivity contribution in [1.29, 1.82) is 0 Å². The molecule has 2 nitrogen and oxygen atoms in total. The quantitative estimate of drug-likeness (QED) is 0.627. The van der Waals surface area contributed by atoms with Crippen LogP contribution in [0, 0.1) is 10.8 Å². The van der Waals surface area contributed by atoms with Crippen molar-refractivity contribution in [1.82, 2.24) is 0 Å². The molecule has 1 aliphatic rings. The molecule has 1 aromatic carbocycles. The minimum absolute atomic E-state index is 0.0915. The fourth-order valence-corrected chi connectivity index (χ4v) is 1.48. The zero-order valence-electron chi connectivity index (χ0n) is 6.81. The van der Waals surface area contributed by atoms with Crippen molar-refractivity contribution in [3.8, 4) is 0 Å². The maximum Gasteiger partial charge on any atom is 0.120 e. The van der Waals surface area contributed by atoms with Gasteiger partial charge >= 0.3 is 0 Å². The molecule has 0 bridgehead atoms. The summed E-state index contributed by atoms with van der Waals surface area (Å²) in [6.45, 7) is 0. The largest absolute Gasteiger partial charge is 0.150 e. The third kappa shape index (κ3) is 1.37. The van der Waals surface area contributed by atoms with Gasteiger partial charge in [0.05, 0.1) is 0 Å². The molecular weight excluding hydrogens is 150 g/mol. The average Bonchev–Trinajstić information content (AvgIpc) is 2.92. The van der Waals surface area contributed by atoms with E-state index in [1.165, 1.54) is 0 Å². The lowest BCUT2D eigenvalue weighted by atomic mass is 10.0. The normalized spacial score (nSPS) is 18.7. The molecule has 0 aliphatic heterocycles. The van der Waals surface area contributed by atoms with E-state index >= 15 is 0 Å². The molecule has 0 N–H and O–H groups in total. The standard InChI is InChI=1S/C10H11NO/c12-11-10(9-6-7-9)8-4-2-1-3-5-8/h1-5,9-10H,6-7H2. The molecule has 1 aromatic rings. The Morgan fingerprint density at radius 1 is 1.25 bits per heavy atom. The number of benzene rings is 1. The van der Waals surface area contributed by atoms with Crippen molar-refractivity contribution in [3.05, 3.63) is 40.8 Å². The van der Waals surface area contributed by atoms with E-state index in [0.717, 1.165) is 18.4 Å². The van der Waals surface area contributed by atoms with Gasteiger partial charge in [0.1, 0.15) is 6.04 Å². The van der Waals surface area contributed by atoms with E-state index < -0.39 is 0 Å². The number of nitroso groups, excluding NO2 is 1. The zero-order chi connectivity index (χ0) is 8.39. The highest BCUT2D eigenvalue weighted by atomic mass is 16.3. The van der Waals surface area contributed by atoms with Crippen LogP contribution in [0.5, 0.6) is 0 Å². The molecule has 62 valence electrons. The molecular formula is C10H11NO. The summed E-state index contributed by atoms with van der Waals surface area (Å²) in [7, 11) is 0. The summed E-state index contributed by atoms with van der Waals surface area (Å²) >= 11 is 0. The van der Waals surface area contributed by atoms with Crippen molar-refractivity contribution < 1.29 is 0 Å². The predicted octanol–water partition coefficient (Wildman–Crippen LogP) is 2.90. The van der Waals surface area contributed by atoms with Gasteiger partial charge in [0, 0.05) is 0 Å². The molecule has 12 heavy (non-hydrogen) atoms. The Kier molecular flexibility index (Phi) is 1.90. The van der Waals surface area contributed by atoms with E-state index in [1.807, 2.05) is 30.3 Å². The molecule has 0 amide bonds. The first-order valence-corrected chi connectivity index (χ1v) is 4.29. The van der Waals surface area contributed by atoms with Gasteiger partial charge in [-0.05, 0) is 24.3 Å². The van der Waals surface area contributed by atoms with Crippen LogP contribution in [0.15, 0.2) is 35.5 Å². The zero-order valence-corrected chi connectivity index (χ0v) is 6.81. The molecule has 0 radical (unpaired) electrons. The lowest BCUT2D eigenvalue weighted by Gasteiger charge is -2.05. The average molecular weight is 161 g/mol. The van der Waals surface area contributed by atoms with Gasteiger partial charge in [-0.3, -0.25) is 0 Å². The van der Waals surface area contributed by atoms with Crippen LogP contribution in [-0.4, -0.2) is 0 Å². The number of nitrogens with zero attached hydrogens (tertiary/aromatic N) is 1. The minimum atomic E-state index is -0.0915. The summed E-state index contributed by atoms with van der Waals surface area (Å²) in [4.78, 5) is 10.5. The van der Waals surface area contributed by atoms with Gasteiger partial charge in [-0.1, -0.05) is 35.5 Å². The molecule has 1 aliphatic carbocycles. The van der Waals surface area contributed by atoms with Crippen LogP contribution in [0.1, 0.15) is 24.4 Å². The maximum absolute atomic E-state index is 10.5. The van der Waals surface area contributed by atoms with E-state index in [2.05, 4.69) is 5.18 Å². The summed E-state index contributed by atoms with van der Waals surface area (Å²) in [5, 5.41) is 3.17. The van der Waals surface area contributed by atoms with Crippen molar-refractivity contribution >= 4 is 0 Å². The molecule has 2 rings (SSSR count). The molecule has 0 aromatic heterocycles. The molecule has 0 saturated heterocycles. The van der Waals surface area contributed by atoms with Crippen LogP contribution in [0.25, 0.3) is 0 Å². The highest BCUT2D eigenvalue weighted by Crippen LogP contribution is 2.43. The minimum Gasteiger partial charge on any atom is -0.150 e. The fourth-order valence-electron chi connectivity index (χ4n) is 1.48. The summed E-state index contributed by atoms with van der Waals surface area (Å²) in [5.74, 6) is 0.518. The SMILES string of the molecule is O=NC(c1ccccc1)C1CC1. The molecule has 2 heteroatoms. The second-order valence-corrected chi connectivity index (χ2v) is 3.30. The number of hydrogen-bond donors (Lipinski definition) is 0. The van der Waals surface area contributed by atoms with E-state index in [4.69, 9.17) is 0 Å². The number of hydrogen-bond acceptors (Lipinski definition) is 2. The topological polar surface area (TPSA) is 29.4 Å². The van der Waals surface area contributed by atoms with Crippen LogP contribution < -0.4 is 0 Å². The van der Waals surface area contributed by atoms with Crippen LogP contribution in [0.2, 0.25) is 0 Å². The Morgan fingerprint density at radius 2 is 1.92 bits per heavy atom. The van der Waals surface area contributed by atoms with Gasteiger partial charge in [0.25, 0.3) is 0 Å². The summed E-state index contributed by atoms with van der Waals surface area (Å²) in [5.41, 5.74) is 1.06. The molecule has 0 heterocycles. The van der Waals surface area contributed by atoms with Gasteiger partial charge in [-0.15, -0.1) is 0 Å². The Labute approximate surface area is 71.6 Å². The second-order valence-electron chi connectivity index (χ2n) is 3.30. The van der Waals surface area contributed by atoms with Crippen LogP contribution in [0.4, 0.5) is 0 Å². The highest BCUT2D eigenvalue weighted by Gasteiger charge is 2.33. The van der Waals surface area contributed by atoms with Crippen molar-refractivity contribution in [2.24, 2.45) is 11.1 Å². The van der Waals surface area contributed by atoms with Gasteiger partial charge < -0.3 is 0 Å². The van der Waals surface area contributed by atoms with E-state index in [1.54, 1.807) is 0 Å². The Morgan fingerprint density at radius 3 is 2.42 bits per heavy atom. The summed E-state index contributed by atoms with van der Waals surface area (Å²) < 4.78 is 0. The molecule has 1 saturated carbocycles. The third-order valence-corrected chi connectivity index (χ3v) is 2.32. The van der Waals surface area contributed by atoms with Crippen LogP contribution >= 0.6 is 0 Å². The first-order valence-electron chi connectivity index (χ1n) is 4.29. The van der Waals surface area contributed by atoms with Crippen molar-refractivity contribution in [3.63, 3.8) is 0 Å². The monoisotopic (exact) mass is 161 g/mol. The molecule has 0 spiro atoms. The number of rotatable bonds is 3.